The molecule has 0 radical (unpaired) electrons. The normalized spacial score (nSPS) is 30.0. The van der Waals surface area contributed by atoms with Gasteiger partial charge in [-0.15, -0.1) is 0 Å². The van der Waals surface area contributed by atoms with E-state index in [2.05, 4.69) is 24.1 Å². The summed E-state index contributed by atoms with van der Waals surface area (Å²) >= 11 is 0. The van der Waals surface area contributed by atoms with Gasteiger partial charge in [0, 0.05) is 18.6 Å². The van der Waals surface area contributed by atoms with Crippen molar-refractivity contribution in [1.82, 2.24) is 10.2 Å². The van der Waals surface area contributed by atoms with Crippen LogP contribution in [0.25, 0.3) is 0 Å². The molecule has 2 aliphatic rings. The van der Waals surface area contributed by atoms with Crippen LogP contribution in [0.2, 0.25) is 0 Å². The van der Waals surface area contributed by atoms with Gasteiger partial charge in [-0.3, -0.25) is 0 Å². The fraction of sp³-hybridized carbons (Fsp3) is 1.00. The maximum absolute atomic E-state index is 12.6. The van der Waals surface area contributed by atoms with Crippen LogP contribution in [0.15, 0.2) is 0 Å². The lowest BCUT2D eigenvalue weighted by atomic mass is 9.85. The van der Waals surface area contributed by atoms with Crippen molar-refractivity contribution in [3.63, 3.8) is 0 Å². The van der Waals surface area contributed by atoms with Crippen molar-refractivity contribution in [1.29, 1.82) is 0 Å². The highest BCUT2D eigenvalue weighted by atomic mass is 19.4. The molecule has 0 unspecified atom stereocenters. The monoisotopic (exact) mass is 306 g/mol. The molecule has 2 nitrogen and oxygen atoms in total. The smallest absolute Gasteiger partial charge is 0.311 e. The van der Waals surface area contributed by atoms with E-state index in [0.29, 0.717) is 43.7 Å². The Labute approximate surface area is 126 Å². The Morgan fingerprint density at radius 3 is 1.95 bits per heavy atom. The van der Waals surface area contributed by atoms with Gasteiger partial charge in [0.15, 0.2) is 0 Å². The van der Waals surface area contributed by atoms with Gasteiger partial charge >= 0.3 is 6.18 Å². The first-order valence-electron chi connectivity index (χ1n) is 8.39. The first-order valence-corrected chi connectivity index (χ1v) is 8.39. The van der Waals surface area contributed by atoms with Crippen LogP contribution in [0.1, 0.15) is 52.4 Å². The minimum atomic E-state index is -3.99. The molecule has 124 valence electrons. The van der Waals surface area contributed by atoms with Crippen LogP contribution in [0.5, 0.6) is 0 Å². The van der Waals surface area contributed by atoms with Crippen LogP contribution < -0.4 is 5.32 Å². The molecule has 0 atom stereocenters. The highest BCUT2D eigenvalue weighted by molar-refractivity contribution is 4.85. The second kappa shape index (κ2) is 7.32. The average Bonchev–Trinajstić information content (AvgIpc) is 2.40. The zero-order chi connectivity index (χ0) is 15.5. The Kier molecular flexibility index (Phi) is 5.95. The SMILES string of the molecule is CC(C)CN1CCC(NC2CCC(C(F)(F)F)CC2)CC1. The van der Waals surface area contributed by atoms with E-state index < -0.39 is 12.1 Å². The van der Waals surface area contributed by atoms with Gasteiger partial charge in [0.2, 0.25) is 0 Å². The van der Waals surface area contributed by atoms with Gasteiger partial charge in [0.25, 0.3) is 0 Å². The molecule has 0 aromatic carbocycles. The summed E-state index contributed by atoms with van der Waals surface area (Å²) in [5.74, 6) is -0.365. The van der Waals surface area contributed by atoms with Crippen LogP contribution in [-0.2, 0) is 0 Å². The first-order chi connectivity index (χ1) is 9.84. The second-order valence-corrected chi connectivity index (χ2v) is 7.23. The molecule has 1 saturated carbocycles. The number of halogens is 3. The molecule has 0 bridgehead atoms. The summed E-state index contributed by atoms with van der Waals surface area (Å²) in [5, 5.41) is 3.61. The quantitative estimate of drug-likeness (QED) is 0.849. The average molecular weight is 306 g/mol. The molecule has 0 aromatic rings. The number of hydrogen-bond donors (Lipinski definition) is 1. The van der Waals surface area contributed by atoms with E-state index >= 15 is 0 Å². The molecule has 1 aliphatic heterocycles. The lowest BCUT2D eigenvalue weighted by molar-refractivity contribution is -0.182. The number of alkyl halides is 3. The fourth-order valence-electron chi connectivity index (χ4n) is 3.72. The van der Waals surface area contributed by atoms with Crippen molar-refractivity contribution in [3.8, 4) is 0 Å². The number of nitrogens with one attached hydrogen (secondary N) is 1. The van der Waals surface area contributed by atoms with Crippen molar-refractivity contribution in [3.05, 3.63) is 0 Å². The number of rotatable bonds is 4. The summed E-state index contributed by atoms with van der Waals surface area (Å²) in [5.41, 5.74) is 0. The van der Waals surface area contributed by atoms with Gasteiger partial charge in [0.05, 0.1) is 5.92 Å². The molecular weight excluding hydrogens is 277 g/mol. The molecule has 1 aliphatic carbocycles. The highest BCUT2D eigenvalue weighted by Gasteiger charge is 2.41. The number of likely N-dealkylation sites (tertiary alicyclic amines) is 1. The Morgan fingerprint density at radius 2 is 1.48 bits per heavy atom. The molecule has 2 rings (SSSR count). The number of hydrogen-bond acceptors (Lipinski definition) is 2. The molecular formula is C16H29F3N2. The Hall–Kier alpha value is -0.290. The summed E-state index contributed by atoms with van der Waals surface area (Å²) in [6, 6.07) is 0.797. The van der Waals surface area contributed by atoms with Crippen molar-refractivity contribution in [2.24, 2.45) is 11.8 Å². The molecule has 5 heteroatoms. The lowest BCUT2D eigenvalue weighted by Crippen LogP contribution is -2.48. The third kappa shape index (κ3) is 5.44. The van der Waals surface area contributed by atoms with Crippen LogP contribution in [0.4, 0.5) is 13.2 Å². The minimum Gasteiger partial charge on any atom is -0.311 e. The third-order valence-electron chi connectivity index (χ3n) is 4.87. The van der Waals surface area contributed by atoms with Gasteiger partial charge in [-0.2, -0.15) is 13.2 Å². The van der Waals surface area contributed by atoms with Crippen LogP contribution in [0.3, 0.4) is 0 Å². The molecule has 21 heavy (non-hydrogen) atoms. The van der Waals surface area contributed by atoms with Crippen molar-refractivity contribution < 1.29 is 13.2 Å². The fourth-order valence-corrected chi connectivity index (χ4v) is 3.72. The lowest BCUT2D eigenvalue weighted by Gasteiger charge is -2.37. The van der Waals surface area contributed by atoms with E-state index in [0.717, 1.165) is 32.5 Å². The predicted octanol–water partition coefficient (Wildman–Crippen LogP) is 3.82. The summed E-state index contributed by atoms with van der Waals surface area (Å²) in [7, 11) is 0. The second-order valence-electron chi connectivity index (χ2n) is 7.23. The topological polar surface area (TPSA) is 15.3 Å². The Morgan fingerprint density at radius 1 is 0.952 bits per heavy atom. The Balaban J connectivity index is 1.66. The van der Waals surface area contributed by atoms with E-state index in [1.54, 1.807) is 0 Å². The molecule has 0 amide bonds. The van der Waals surface area contributed by atoms with E-state index in [-0.39, 0.29) is 0 Å². The molecule has 0 spiro atoms. The zero-order valence-electron chi connectivity index (χ0n) is 13.3. The van der Waals surface area contributed by atoms with Gasteiger partial charge in [0.1, 0.15) is 0 Å². The van der Waals surface area contributed by atoms with E-state index in [1.807, 2.05) is 0 Å². The van der Waals surface area contributed by atoms with Crippen molar-refractivity contribution >= 4 is 0 Å². The molecule has 1 saturated heterocycles. The predicted molar refractivity (Wildman–Crippen MR) is 79.2 cm³/mol. The van der Waals surface area contributed by atoms with Gasteiger partial charge in [-0.05, 0) is 57.5 Å². The first kappa shape index (κ1) is 17.1. The molecule has 1 N–H and O–H groups in total. The van der Waals surface area contributed by atoms with E-state index in [9.17, 15) is 13.2 Å². The van der Waals surface area contributed by atoms with Crippen LogP contribution in [-0.4, -0.2) is 42.8 Å². The standard InChI is InChI=1S/C16H29F3N2/c1-12(2)11-21-9-7-15(8-10-21)20-14-5-3-13(4-6-14)16(17,18)19/h12-15,20H,3-11H2,1-2H3. The maximum Gasteiger partial charge on any atom is 0.391 e. The van der Waals surface area contributed by atoms with Crippen molar-refractivity contribution in [2.75, 3.05) is 19.6 Å². The summed E-state index contributed by atoms with van der Waals surface area (Å²) in [4.78, 5) is 2.50. The number of piperidine rings is 1. The minimum absolute atomic E-state index is 0.297. The van der Waals surface area contributed by atoms with Gasteiger partial charge in [-0.1, -0.05) is 13.8 Å². The Bertz CT molecular complexity index is 301. The van der Waals surface area contributed by atoms with Crippen molar-refractivity contribution in [2.45, 2.75) is 70.6 Å². The van der Waals surface area contributed by atoms with Gasteiger partial charge in [-0.25, -0.2) is 0 Å². The van der Waals surface area contributed by atoms with Gasteiger partial charge < -0.3 is 10.2 Å². The third-order valence-corrected chi connectivity index (χ3v) is 4.87. The molecule has 2 fully saturated rings. The summed E-state index contributed by atoms with van der Waals surface area (Å²) < 4.78 is 37.9. The molecule has 1 heterocycles. The van der Waals surface area contributed by atoms with E-state index in [1.165, 1.54) is 0 Å². The zero-order valence-corrected chi connectivity index (χ0v) is 13.3. The summed E-state index contributed by atoms with van der Waals surface area (Å²) in [6.45, 7) is 7.87. The van der Waals surface area contributed by atoms with E-state index in [4.69, 9.17) is 0 Å². The number of nitrogens with zero attached hydrogens (tertiary/aromatic N) is 1. The maximum atomic E-state index is 12.6. The molecule has 0 aromatic heterocycles. The summed E-state index contributed by atoms with van der Waals surface area (Å²) in [6.07, 6.45) is 0.221. The largest absolute Gasteiger partial charge is 0.391 e. The highest BCUT2D eigenvalue weighted by Crippen LogP contribution is 2.37. The van der Waals surface area contributed by atoms with Crippen LogP contribution >= 0.6 is 0 Å². The van der Waals surface area contributed by atoms with Crippen LogP contribution in [0, 0.1) is 11.8 Å².